The van der Waals surface area contributed by atoms with Gasteiger partial charge >= 0.3 is 0 Å². The predicted octanol–water partition coefficient (Wildman–Crippen LogP) is 5.60. The molecule has 1 atom stereocenters. The quantitative estimate of drug-likeness (QED) is 0.423. The Balaban J connectivity index is 1.69. The Bertz CT molecular complexity index is 1040. The number of hydrogen-bond acceptors (Lipinski definition) is 4. The van der Waals surface area contributed by atoms with Gasteiger partial charge < -0.3 is 19.8 Å². The number of phenols is 1. The van der Waals surface area contributed by atoms with Crippen LogP contribution in [0.4, 0.5) is 0 Å². The van der Waals surface area contributed by atoms with E-state index >= 15 is 0 Å². The largest absolute Gasteiger partial charge is 0.508 e. The Morgan fingerprint density at radius 1 is 0.909 bits per heavy atom. The highest BCUT2D eigenvalue weighted by Crippen LogP contribution is 2.36. The van der Waals surface area contributed by atoms with E-state index in [-0.39, 0.29) is 12.4 Å². The second kappa shape index (κ2) is 11.2. The lowest BCUT2D eigenvalue weighted by atomic mass is 9.87. The third kappa shape index (κ3) is 5.84. The first-order valence-corrected chi connectivity index (χ1v) is 11.8. The molecule has 0 spiro atoms. The van der Waals surface area contributed by atoms with Crippen molar-refractivity contribution in [3.8, 4) is 11.5 Å². The Kier molecular flexibility index (Phi) is 7.82. The fourth-order valence-electron chi connectivity index (χ4n) is 4.55. The number of allylic oxidation sites excluding steroid dienone is 1. The molecule has 4 nitrogen and oxygen atoms in total. The third-order valence-electron chi connectivity index (χ3n) is 6.42. The van der Waals surface area contributed by atoms with Gasteiger partial charge in [-0.2, -0.15) is 0 Å². The second-order valence-corrected chi connectivity index (χ2v) is 8.71. The predicted molar refractivity (Wildman–Crippen MR) is 134 cm³/mol. The summed E-state index contributed by atoms with van der Waals surface area (Å²) in [7, 11) is 2.16. The Labute approximate surface area is 196 Å². The molecular weight excluding hydrogens is 410 g/mol. The van der Waals surface area contributed by atoms with Gasteiger partial charge in [-0.3, -0.25) is 0 Å². The fourth-order valence-corrected chi connectivity index (χ4v) is 4.55. The minimum atomic E-state index is 0.140. The van der Waals surface area contributed by atoms with Crippen LogP contribution in [-0.2, 0) is 0 Å². The normalized spacial score (nSPS) is 17.1. The van der Waals surface area contributed by atoms with Crippen molar-refractivity contribution in [2.24, 2.45) is 0 Å². The first-order chi connectivity index (χ1) is 16.2. The van der Waals surface area contributed by atoms with E-state index < -0.39 is 0 Å². The Morgan fingerprint density at radius 2 is 1.58 bits per heavy atom. The van der Waals surface area contributed by atoms with Gasteiger partial charge in [-0.25, -0.2) is 0 Å². The number of phenolic OH excluding ortho intramolecular Hbond substituents is 1. The molecule has 1 aliphatic heterocycles. The first kappa shape index (κ1) is 23.1. The Morgan fingerprint density at radius 3 is 2.18 bits per heavy atom. The van der Waals surface area contributed by atoms with Gasteiger partial charge in [0.1, 0.15) is 18.1 Å². The zero-order valence-corrected chi connectivity index (χ0v) is 19.3. The van der Waals surface area contributed by atoms with Gasteiger partial charge in [-0.05, 0) is 91.4 Å². The molecule has 1 fully saturated rings. The number of aliphatic hydroxyl groups excluding tert-OH is 1. The maximum atomic E-state index is 9.84. The smallest absolute Gasteiger partial charge is 0.119 e. The number of aromatic hydroxyl groups is 1. The zero-order chi connectivity index (χ0) is 23.0. The van der Waals surface area contributed by atoms with Crippen molar-refractivity contribution in [3.63, 3.8) is 0 Å². The molecule has 3 aromatic rings. The van der Waals surface area contributed by atoms with Crippen LogP contribution in [-0.4, -0.2) is 48.0 Å². The maximum Gasteiger partial charge on any atom is 0.119 e. The van der Waals surface area contributed by atoms with E-state index in [0.717, 1.165) is 41.0 Å². The summed E-state index contributed by atoms with van der Waals surface area (Å²) in [6, 6.07) is 26.5. The van der Waals surface area contributed by atoms with Crippen molar-refractivity contribution in [1.29, 1.82) is 0 Å². The molecule has 4 rings (SSSR count). The summed E-state index contributed by atoms with van der Waals surface area (Å²) in [6.45, 7) is 1.99. The standard InChI is InChI=1S/C29H33NO3/c1-30-19-5-9-25(30)21-33-27-17-13-24(14-18-27)29(23-11-15-26(32)16-12-23)28(10-6-20-31)22-7-3-2-4-8-22/h2-4,7-8,11-18,25,31-32H,5-6,9-10,19-21H2,1H3/b29-28-/t25-/m1/s1. The molecule has 0 radical (unpaired) electrons. The van der Waals surface area contributed by atoms with E-state index in [4.69, 9.17) is 4.74 Å². The van der Waals surface area contributed by atoms with Crippen molar-refractivity contribution in [2.45, 2.75) is 31.7 Å². The van der Waals surface area contributed by atoms with E-state index in [0.29, 0.717) is 19.1 Å². The molecule has 0 saturated carbocycles. The number of rotatable bonds is 9. The molecule has 172 valence electrons. The van der Waals surface area contributed by atoms with Gasteiger partial charge in [-0.15, -0.1) is 0 Å². The molecule has 0 bridgehead atoms. The molecule has 0 amide bonds. The number of hydrogen-bond donors (Lipinski definition) is 2. The second-order valence-electron chi connectivity index (χ2n) is 8.71. The van der Waals surface area contributed by atoms with E-state index in [1.807, 2.05) is 42.5 Å². The van der Waals surface area contributed by atoms with Gasteiger partial charge in [0.2, 0.25) is 0 Å². The number of likely N-dealkylation sites (N-methyl/N-ethyl adjacent to an activating group) is 1. The zero-order valence-electron chi connectivity index (χ0n) is 19.3. The average molecular weight is 444 g/mol. The molecule has 3 aromatic carbocycles. The van der Waals surface area contributed by atoms with E-state index in [2.05, 4.69) is 36.2 Å². The lowest BCUT2D eigenvalue weighted by molar-refractivity contribution is 0.198. The summed E-state index contributed by atoms with van der Waals surface area (Å²) in [4.78, 5) is 2.37. The van der Waals surface area contributed by atoms with Crippen LogP contribution >= 0.6 is 0 Å². The van der Waals surface area contributed by atoms with Crippen molar-refractivity contribution < 1.29 is 14.9 Å². The molecule has 1 heterocycles. The van der Waals surface area contributed by atoms with Gasteiger partial charge in [0.05, 0.1) is 0 Å². The van der Waals surface area contributed by atoms with Crippen LogP contribution in [0.25, 0.3) is 11.1 Å². The number of benzene rings is 3. The first-order valence-electron chi connectivity index (χ1n) is 11.8. The van der Waals surface area contributed by atoms with Crippen LogP contribution in [0.1, 0.15) is 42.4 Å². The molecule has 4 heteroatoms. The summed E-state index contributed by atoms with van der Waals surface area (Å²) < 4.78 is 6.10. The van der Waals surface area contributed by atoms with Gasteiger partial charge in [-0.1, -0.05) is 54.6 Å². The van der Waals surface area contributed by atoms with Gasteiger partial charge in [0, 0.05) is 12.6 Å². The van der Waals surface area contributed by atoms with E-state index in [1.165, 1.54) is 18.4 Å². The summed E-state index contributed by atoms with van der Waals surface area (Å²) in [6.07, 6.45) is 3.86. The average Bonchev–Trinajstić information content (AvgIpc) is 3.27. The van der Waals surface area contributed by atoms with Crippen molar-refractivity contribution >= 4 is 11.1 Å². The number of ether oxygens (including phenoxy) is 1. The van der Waals surface area contributed by atoms with Crippen LogP contribution < -0.4 is 4.74 Å². The topological polar surface area (TPSA) is 52.9 Å². The highest BCUT2D eigenvalue weighted by Gasteiger charge is 2.21. The molecule has 33 heavy (non-hydrogen) atoms. The maximum absolute atomic E-state index is 9.84. The van der Waals surface area contributed by atoms with E-state index in [9.17, 15) is 10.2 Å². The minimum Gasteiger partial charge on any atom is -0.508 e. The molecular formula is C29H33NO3. The van der Waals surface area contributed by atoms with Crippen LogP contribution in [0, 0.1) is 0 Å². The number of nitrogens with zero attached hydrogens (tertiary/aromatic N) is 1. The van der Waals surface area contributed by atoms with E-state index in [1.54, 1.807) is 12.1 Å². The summed E-state index contributed by atoms with van der Waals surface area (Å²) in [5.74, 6) is 1.12. The highest BCUT2D eigenvalue weighted by molar-refractivity contribution is 5.98. The molecule has 2 N–H and O–H groups in total. The van der Waals surface area contributed by atoms with Crippen molar-refractivity contribution in [3.05, 3.63) is 95.6 Å². The lowest BCUT2D eigenvalue weighted by Gasteiger charge is -2.20. The van der Waals surface area contributed by atoms with Crippen LogP contribution in [0.2, 0.25) is 0 Å². The molecule has 0 aliphatic carbocycles. The Hall–Kier alpha value is -3.08. The third-order valence-corrected chi connectivity index (χ3v) is 6.42. The van der Waals surface area contributed by atoms with Crippen LogP contribution in [0.5, 0.6) is 11.5 Å². The van der Waals surface area contributed by atoms with Crippen molar-refractivity contribution in [1.82, 2.24) is 4.90 Å². The fraction of sp³-hybridized carbons (Fsp3) is 0.310. The minimum absolute atomic E-state index is 0.140. The molecule has 0 unspecified atom stereocenters. The SMILES string of the molecule is CN1CCC[C@@H]1COc1ccc(/C(=C(/CCCO)c2ccccc2)c2ccc(O)cc2)cc1. The van der Waals surface area contributed by atoms with Crippen LogP contribution in [0.3, 0.4) is 0 Å². The highest BCUT2D eigenvalue weighted by atomic mass is 16.5. The summed E-state index contributed by atoms with van der Waals surface area (Å²) >= 11 is 0. The van der Waals surface area contributed by atoms with Gasteiger partial charge in [0.25, 0.3) is 0 Å². The van der Waals surface area contributed by atoms with Gasteiger partial charge in [0.15, 0.2) is 0 Å². The summed E-state index contributed by atoms with van der Waals surface area (Å²) in [5, 5.41) is 19.4. The number of aliphatic hydroxyl groups is 1. The van der Waals surface area contributed by atoms with Crippen LogP contribution in [0.15, 0.2) is 78.9 Å². The van der Waals surface area contributed by atoms with Crippen molar-refractivity contribution in [2.75, 3.05) is 26.8 Å². The molecule has 0 aromatic heterocycles. The lowest BCUT2D eigenvalue weighted by Crippen LogP contribution is -2.30. The molecule has 1 saturated heterocycles. The molecule has 1 aliphatic rings. The monoisotopic (exact) mass is 443 g/mol. The number of likely N-dealkylation sites (tertiary alicyclic amines) is 1. The summed E-state index contributed by atoms with van der Waals surface area (Å²) in [5.41, 5.74) is 5.54.